The first-order valence-electron chi connectivity index (χ1n) is 13.7. The lowest BCUT2D eigenvalue weighted by Gasteiger charge is -2.35. The Hall–Kier alpha value is -3.46. The van der Waals surface area contributed by atoms with E-state index in [4.69, 9.17) is 9.47 Å². The van der Waals surface area contributed by atoms with E-state index in [1.807, 2.05) is 24.4 Å². The Balaban J connectivity index is 1.17. The largest absolute Gasteiger partial charge is 0.483 e. The number of benzene rings is 2. The van der Waals surface area contributed by atoms with Crippen LogP contribution in [-0.4, -0.2) is 67.8 Å². The summed E-state index contributed by atoms with van der Waals surface area (Å²) in [5.74, 6) is 1.67. The minimum atomic E-state index is -0.117. The number of amides is 1. The van der Waals surface area contributed by atoms with Gasteiger partial charge in [0.2, 0.25) is 0 Å². The van der Waals surface area contributed by atoms with Crippen molar-refractivity contribution in [3.05, 3.63) is 77.8 Å². The molecule has 6 rings (SSSR count). The molecule has 8 heteroatoms. The number of thiophene rings is 1. The molecular formula is C31H34N4O3S. The fraction of sp³-hybridized carbons (Fsp3) is 0.355. The third kappa shape index (κ3) is 6.24. The lowest BCUT2D eigenvalue weighted by atomic mass is 10.0. The second-order valence-electron chi connectivity index (χ2n) is 10.1. The van der Waals surface area contributed by atoms with E-state index in [-0.39, 0.29) is 18.6 Å². The van der Waals surface area contributed by atoms with Crippen molar-refractivity contribution < 1.29 is 14.3 Å². The Morgan fingerprint density at radius 3 is 2.77 bits per heavy atom. The Morgan fingerprint density at radius 1 is 1.08 bits per heavy atom. The third-order valence-electron chi connectivity index (χ3n) is 7.50. The number of hydrogen-bond acceptors (Lipinski definition) is 7. The molecule has 1 N–H and O–H groups in total. The molecule has 4 heterocycles. The van der Waals surface area contributed by atoms with Crippen molar-refractivity contribution in [1.82, 2.24) is 15.2 Å². The molecule has 0 bridgehead atoms. The van der Waals surface area contributed by atoms with Crippen LogP contribution in [0.4, 0.5) is 5.82 Å². The standard InChI is InChI=1S/C31H34N4O3S/c36-31(33-19-25-6-5-17-37-25)21-38-28-11-10-23(27-22-39-29-8-2-1-7-26(27)29)18-24(28)20-34-13-15-35(16-14-34)30-9-3-4-12-32-30/h1-4,7-12,18,22,25H,5-6,13-17,19-21H2,(H,33,36). The number of ether oxygens (including phenoxy) is 2. The van der Waals surface area contributed by atoms with E-state index in [0.717, 1.165) is 69.3 Å². The zero-order valence-electron chi connectivity index (χ0n) is 22.1. The Bertz CT molecular complexity index is 1400. The number of anilines is 1. The number of nitrogens with zero attached hydrogens (tertiary/aromatic N) is 3. The van der Waals surface area contributed by atoms with Gasteiger partial charge in [0.25, 0.3) is 5.91 Å². The average molecular weight is 543 g/mol. The molecule has 1 unspecified atom stereocenters. The van der Waals surface area contributed by atoms with E-state index in [0.29, 0.717) is 6.54 Å². The van der Waals surface area contributed by atoms with Crippen LogP contribution in [0.1, 0.15) is 18.4 Å². The zero-order valence-corrected chi connectivity index (χ0v) is 22.9. The molecule has 2 aliphatic heterocycles. The first-order valence-corrected chi connectivity index (χ1v) is 14.6. The number of carbonyl (C=O) groups excluding carboxylic acids is 1. The highest BCUT2D eigenvalue weighted by Crippen LogP contribution is 2.36. The van der Waals surface area contributed by atoms with Crippen LogP contribution < -0.4 is 15.0 Å². The van der Waals surface area contributed by atoms with Crippen LogP contribution in [0.5, 0.6) is 5.75 Å². The number of piperazine rings is 1. The molecule has 4 aromatic rings. The molecular weight excluding hydrogens is 508 g/mol. The summed E-state index contributed by atoms with van der Waals surface area (Å²) in [4.78, 5) is 21.8. The third-order valence-corrected chi connectivity index (χ3v) is 8.47. The van der Waals surface area contributed by atoms with Gasteiger partial charge in [0.05, 0.1) is 6.10 Å². The summed E-state index contributed by atoms with van der Waals surface area (Å²) in [6.45, 7) is 5.79. The number of aromatic nitrogens is 1. The van der Waals surface area contributed by atoms with E-state index < -0.39 is 0 Å². The highest BCUT2D eigenvalue weighted by molar-refractivity contribution is 7.17. The van der Waals surface area contributed by atoms with E-state index in [1.54, 1.807) is 11.3 Å². The average Bonchev–Trinajstić information content (AvgIpc) is 3.67. The molecule has 2 saturated heterocycles. The van der Waals surface area contributed by atoms with Gasteiger partial charge in [-0.1, -0.05) is 30.3 Å². The van der Waals surface area contributed by atoms with E-state index in [2.05, 4.69) is 67.9 Å². The van der Waals surface area contributed by atoms with Crippen LogP contribution in [0.3, 0.4) is 0 Å². The predicted octanol–water partition coefficient (Wildman–Crippen LogP) is 4.96. The SMILES string of the molecule is O=C(COc1ccc(-c2csc3ccccc23)cc1CN1CCN(c2ccccn2)CC1)NCC1CCCO1. The summed E-state index contributed by atoms with van der Waals surface area (Å²) in [6, 6.07) is 20.9. The fourth-order valence-electron chi connectivity index (χ4n) is 5.36. The van der Waals surface area contributed by atoms with Crippen molar-refractivity contribution in [3.8, 4) is 16.9 Å². The molecule has 202 valence electrons. The molecule has 0 spiro atoms. The number of fused-ring (bicyclic) bond motifs is 1. The Kier molecular flexibility index (Phi) is 8.04. The van der Waals surface area contributed by atoms with Crippen LogP contribution in [0.15, 0.2) is 72.2 Å². The van der Waals surface area contributed by atoms with Gasteiger partial charge in [-0.05, 0) is 54.1 Å². The molecule has 0 radical (unpaired) electrons. The van der Waals surface area contributed by atoms with Crippen molar-refractivity contribution in [2.45, 2.75) is 25.5 Å². The van der Waals surface area contributed by atoms with Gasteiger partial charge in [0, 0.05) is 73.3 Å². The number of hydrogen-bond donors (Lipinski definition) is 1. The van der Waals surface area contributed by atoms with E-state index in [1.165, 1.54) is 21.2 Å². The molecule has 2 aliphatic rings. The number of rotatable bonds is 9. The topological polar surface area (TPSA) is 66.9 Å². The minimum absolute atomic E-state index is 0.00605. The van der Waals surface area contributed by atoms with Gasteiger partial charge in [0.15, 0.2) is 6.61 Å². The molecule has 2 aromatic carbocycles. The second kappa shape index (κ2) is 12.2. The maximum Gasteiger partial charge on any atom is 0.258 e. The van der Waals surface area contributed by atoms with Crippen LogP contribution in [0.2, 0.25) is 0 Å². The lowest BCUT2D eigenvalue weighted by Crippen LogP contribution is -2.46. The van der Waals surface area contributed by atoms with Gasteiger partial charge in [-0.2, -0.15) is 0 Å². The van der Waals surface area contributed by atoms with E-state index >= 15 is 0 Å². The summed E-state index contributed by atoms with van der Waals surface area (Å²) >= 11 is 1.77. The number of carbonyl (C=O) groups is 1. The smallest absolute Gasteiger partial charge is 0.258 e. The Morgan fingerprint density at radius 2 is 1.95 bits per heavy atom. The van der Waals surface area contributed by atoms with Crippen LogP contribution in [-0.2, 0) is 16.1 Å². The van der Waals surface area contributed by atoms with Gasteiger partial charge in [0.1, 0.15) is 11.6 Å². The highest BCUT2D eigenvalue weighted by Gasteiger charge is 2.21. The van der Waals surface area contributed by atoms with Gasteiger partial charge >= 0.3 is 0 Å². The van der Waals surface area contributed by atoms with Gasteiger partial charge in [-0.15, -0.1) is 11.3 Å². The number of pyridine rings is 1. The van der Waals surface area contributed by atoms with Crippen molar-refractivity contribution >= 4 is 33.1 Å². The van der Waals surface area contributed by atoms with Gasteiger partial charge in [-0.3, -0.25) is 9.69 Å². The molecule has 0 saturated carbocycles. The summed E-state index contributed by atoms with van der Waals surface area (Å²) in [6.07, 6.45) is 4.02. The van der Waals surface area contributed by atoms with E-state index in [9.17, 15) is 4.79 Å². The molecule has 2 fully saturated rings. The van der Waals surface area contributed by atoms with Crippen molar-refractivity contribution in [3.63, 3.8) is 0 Å². The molecule has 2 aromatic heterocycles. The quantitative estimate of drug-likeness (QED) is 0.323. The normalized spacial score (nSPS) is 17.9. The van der Waals surface area contributed by atoms with Crippen LogP contribution in [0.25, 0.3) is 21.2 Å². The van der Waals surface area contributed by atoms with Crippen molar-refractivity contribution in [2.75, 3.05) is 50.8 Å². The maximum atomic E-state index is 12.5. The molecule has 39 heavy (non-hydrogen) atoms. The van der Waals surface area contributed by atoms with Gasteiger partial charge < -0.3 is 19.7 Å². The summed E-state index contributed by atoms with van der Waals surface area (Å²) < 4.78 is 13.0. The van der Waals surface area contributed by atoms with Gasteiger partial charge in [-0.25, -0.2) is 4.98 Å². The fourth-order valence-corrected chi connectivity index (χ4v) is 6.33. The van der Waals surface area contributed by atoms with Crippen molar-refractivity contribution in [1.29, 1.82) is 0 Å². The molecule has 0 aliphatic carbocycles. The monoisotopic (exact) mass is 542 g/mol. The number of nitrogens with one attached hydrogen (secondary N) is 1. The zero-order chi connectivity index (χ0) is 26.4. The summed E-state index contributed by atoms with van der Waals surface area (Å²) in [7, 11) is 0. The summed E-state index contributed by atoms with van der Waals surface area (Å²) in [5, 5.41) is 6.45. The second-order valence-corrected chi connectivity index (χ2v) is 11.1. The molecule has 7 nitrogen and oxygen atoms in total. The summed E-state index contributed by atoms with van der Waals surface area (Å²) in [5.41, 5.74) is 3.50. The first-order chi connectivity index (χ1) is 19.2. The van der Waals surface area contributed by atoms with Crippen molar-refractivity contribution in [2.24, 2.45) is 0 Å². The molecule has 1 atom stereocenters. The molecule has 1 amide bonds. The van der Waals surface area contributed by atoms with Crippen LogP contribution >= 0.6 is 11.3 Å². The minimum Gasteiger partial charge on any atom is -0.483 e. The first kappa shape index (κ1) is 25.8. The maximum absolute atomic E-state index is 12.5. The Labute approximate surface area is 233 Å². The lowest BCUT2D eigenvalue weighted by molar-refractivity contribution is -0.123. The van der Waals surface area contributed by atoms with Crippen LogP contribution in [0, 0.1) is 0 Å². The highest BCUT2D eigenvalue weighted by atomic mass is 32.1. The predicted molar refractivity (Wildman–Crippen MR) is 156 cm³/mol.